The number of hydrogen-bond acceptors (Lipinski definition) is 4. The van der Waals surface area contributed by atoms with Gasteiger partial charge in [0.25, 0.3) is 0 Å². The van der Waals surface area contributed by atoms with E-state index in [9.17, 15) is 13.2 Å². The smallest absolute Gasteiger partial charge is 0.324 e. The molecule has 0 unspecified atom stereocenters. The Hall–Kier alpha value is -0.620. The van der Waals surface area contributed by atoms with Crippen LogP contribution in [0.5, 0.6) is 0 Å². The Morgan fingerprint density at radius 1 is 1.41 bits per heavy atom. The van der Waals surface area contributed by atoms with Crippen molar-refractivity contribution < 1.29 is 17.9 Å². The normalized spacial score (nSPS) is 18.8. The van der Waals surface area contributed by atoms with Gasteiger partial charge in [-0.15, -0.1) is 0 Å². The van der Waals surface area contributed by atoms with Crippen molar-refractivity contribution in [3.63, 3.8) is 0 Å². The van der Waals surface area contributed by atoms with Gasteiger partial charge in [0.2, 0.25) is 10.0 Å². The van der Waals surface area contributed by atoms with Gasteiger partial charge in [-0.05, 0) is 46.5 Å². The topological polar surface area (TPSA) is 72.5 Å². The van der Waals surface area contributed by atoms with Crippen molar-refractivity contribution in [1.29, 1.82) is 0 Å². The monoisotopic (exact) mass is 263 g/mol. The molecule has 0 heterocycles. The highest BCUT2D eigenvalue weighted by Gasteiger charge is 2.31. The fourth-order valence-electron chi connectivity index (χ4n) is 1.35. The second-order valence-corrected chi connectivity index (χ2v) is 7.40. The first-order chi connectivity index (χ1) is 7.59. The molecule has 100 valence electrons. The third-order valence-electron chi connectivity index (χ3n) is 2.27. The summed E-state index contributed by atoms with van der Waals surface area (Å²) < 4.78 is 30.7. The highest BCUT2D eigenvalue weighted by atomic mass is 32.2. The number of sulfonamides is 1. The minimum atomic E-state index is -3.37. The number of esters is 1. The second kappa shape index (κ2) is 4.94. The van der Waals surface area contributed by atoms with Crippen LogP contribution in [0.1, 0.15) is 40.5 Å². The maximum absolute atomic E-state index is 11.6. The van der Waals surface area contributed by atoms with Crippen molar-refractivity contribution in [3.8, 4) is 0 Å². The molecule has 0 amide bonds. The van der Waals surface area contributed by atoms with Gasteiger partial charge in [0.05, 0.1) is 5.75 Å². The molecule has 1 N–H and O–H groups in total. The minimum absolute atomic E-state index is 0.111. The minimum Gasteiger partial charge on any atom is -0.459 e. The Labute approximate surface area is 103 Å². The van der Waals surface area contributed by atoms with Crippen molar-refractivity contribution in [2.75, 3.05) is 5.75 Å². The maximum atomic E-state index is 11.6. The van der Waals surface area contributed by atoms with Crippen LogP contribution in [0, 0.1) is 5.92 Å². The number of nitrogens with one attached hydrogen (secondary N) is 1. The predicted molar refractivity (Wildman–Crippen MR) is 65.0 cm³/mol. The molecule has 1 aliphatic rings. The van der Waals surface area contributed by atoms with E-state index in [0.717, 1.165) is 12.8 Å². The molecule has 5 nitrogen and oxygen atoms in total. The highest BCUT2D eigenvalue weighted by Crippen LogP contribution is 2.30. The van der Waals surface area contributed by atoms with E-state index in [0.29, 0.717) is 0 Å². The van der Waals surface area contributed by atoms with Crippen LogP contribution >= 0.6 is 0 Å². The molecule has 17 heavy (non-hydrogen) atoms. The molecule has 6 heteroatoms. The van der Waals surface area contributed by atoms with Crippen LogP contribution in [0.3, 0.4) is 0 Å². The Kier molecular flexibility index (Phi) is 4.19. The first kappa shape index (κ1) is 14.4. The Balaban J connectivity index is 2.47. The summed E-state index contributed by atoms with van der Waals surface area (Å²) in [4.78, 5) is 11.6. The SMILES string of the molecule is C[C@H](NS(=O)(=O)CC1CC1)C(=O)OC(C)(C)C. The molecule has 0 aromatic carbocycles. The van der Waals surface area contributed by atoms with Crippen LogP contribution in [0.25, 0.3) is 0 Å². The summed E-state index contributed by atoms with van der Waals surface area (Å²) in [6, 6.07) is -0.835. The standard InChI is InChI=1S/C11H21NO4S/c1-8(10(13)16-11(2,3)4)12-17(14,15)7-9-5-6-9/h8-9,12H,5-7H2,1-4H3/t8-/m0/s1. The predicted octanol–water partition coefficient (Wildman–Crippen LogP) is 1.05. The van der Waals surface area contributed by atoms with Crippen molar-refractivity contribution in [1.82, 2.24) is 4.72 Å². The van der Waals surface area contributed by atoms with E-state index in [1.54, 1.807) is 20.8 Å². The van der Waals surface area contributed by atoms with Crippen molar-refractivity contribution in [2.24, 2.45) is 5.92 Å². The fourth-order valence-corrected chi connectivity index (χ4v) is 3.04. The van der Waals surface area contributed by atoms with Gasteiger partial charge in [0.1, 0.15) is 11.6 Å². The van der Waals surface area contributed by atoms with Gasteiger partial charge < -0.3 is 4.74 Å². The molecule has 1 atom stereocenters. The van der Waals surface area contributed by atoms with Gasteiger partial charge in [-0.2, -0.15) is 0 Å². The van der Waals surface area contributed by atoms with Gasteiger partial charge in [0, 0.05) is 0 Å². The Bertz CT molecular complexity index is 379. The first-order valence-electron chi connectivity index (χ1n) is 5.82. The van der Waals surface area contributed by atoms with Crippen LogP contribution in [0.15, 0.2) is 0 Å². The van der Waals surface area contributed by atoms with Gasteiger partial charge in [0.15, 0.2) is 0 Å². The second-order valence-electron chi connectivity index (χ2n) is 5.60. The average Bonchev–Trinajstić information content (AvgIpc) is 2.82. The molecular weight excluding hydrogens is 242 g/mol. The molecule has 1 aliphatic carbocycles. The quantitative estimate of drug-likeness (QED) is 0.752. The van der Waals surface area contributed by atoms with E-state index in [1.807, 2.05) is 0 Å². The lowest BCUT2D eigenvalue weighted by Crippen LogP contribution is -2.43. The van der Waals surface area contributed by atoms with Gasteiger partial charge in [-0.3, -0.25) is 4.79 Å². The van der Waals surface area contributed by atoms with Gasteiger partial charge >= 0.3 is 5.97 Å². The van der Waals surface area contributed by atoms with Crippen LogP contribution in [0.2, 0.25) is 0 Å². The molecule has 0 aromatic rings. The van der Waals surface area contributed by atoms with E-state index >= 15 is 0 Å². The summed E-state index contributed by atoms with van der Waals surface area (Å²) in [7, 11) is -3.37. The van der Waals surface area contributed by atoms with Gasteiger partial charge in [-0.25, -0.2) is 13.1 Å². The van der Waals surface area contributed by atoms with E-state index in [4.69, 9.17) is 4.74 Å². The summed E-state index contributed by atoms with van der Waals surface area (Å²) in [6.07, 6.45) is 1.92. The van der Waals surface area contributed by atoms with Crippen molar-refractivity contribution in [2.45, 2.75) is 52.2 Å². The van der Waals surface area contributed by atoms with Crippen LogP contribution in [-0.4, -0.2) is 31.8 Å². The zero-order valence-corrected chi connectivity index (χ0v) is 11.6. The number of carbonyl (C=O) groups is 1. The summed E-state index contributed by atoms with van der Waals surface area (Å²) >= 11 is 0. The molecule has 1 rings (SSSR count). The zero-order valence-electron chi connectivity index (χ0n) is 10.8. The summed E-state index contributed by atoms with van der Waals surface area (Å²) in [5.74, 6) is -0.171. The van der Waals surface area contributed by atoms with Crippen LogP contribution in [-0.2, 0) is 19.6 Å². The lowest BCUT2D eigenvalue weighted by atomic mass is 10.2. The largest absolute Gasteiger partial charge is 0.459 e. The average molecular weight is 263 g/mol. The maximum Gasteiger partial charge on any atom is 0.324 e. The Morgan fingerprint density at radius 2 is 1.94 bits per heavy atom. The number of ether oxygens (including phenoxy) is 1. The molecular formula is C11H21NO4S. The number of rotatable bonds is 5. The third-order valence-corrected chi connectivity index (χ3v) is 3.89. The number of hydrogen-bond donors (Lipinski definition) is 1. The molecule has 0 spiro atoms. The van der Waals surface area contributed by atoms with E-state index < -0.39 is 27.6 Å². The van der Waals surface area contributed by atoms with E-state index in [-0.39, 0.29) is 11.7 Å². The van der Waals surface area contributed by atoms with Gasteiger partial charge in [-0.1, -0.05) is 0 Å². The highest BCUT2D eigenvalue weighted by molar-refractivity contribution is 7.89. The molecule has 1 saturated carbocycles. The van der Waals surface area contributed by atoms with Crippen LogP contribution < -0.4 is 4.72 Å². The van der Waals surface area contributed by atoms with E-state index in [1.165, 1.54) is 6.92 Å². The molecule has 0 radical (unpaired) electrons. The first-order valence-corrected chi connectivity index (χ1v) is 7.47. The van der Waals surface area contributed by atoms with Crippen LogP contribution in [0.4, 0.5) is 0 Å². The molecule has 0 aromatic heterocycles. The van der Waals surface area contributed by atoms with Crippen molar-refractivity contribution in [3.05, 3.63) is 0 Å². The Morgan fingerprint density at radius 3 is 2.35 bits per heavy atom. The lowest BCUT2D eigenvalue weighted by molar-refractivity contribution is -0.156. The molecule has 0 aliphatic heterocycles. The third kappa shape index (κ3) is 6.02. The van der Waals surface area contributed by atoms with E-state index in [2.05, 4.69) is 4.72 Å². The molecule has 0 bridgehead atoms. The fraction of sp³-hybridized carbons (Fsp3) is 0.909. The van der Waals surface area contributed by atoms with Crippen molar-refractivity contribution >= 4 is 16.0 Å². The molecule has 0 saturated heterocycles. The zero-order chi connectivity index (χ0) is 13.3. The summed E-state index contributed by atoms with van der Waals surface area (Å²) in [5.41, 5.74) is -0.604. The number of carbonyl (C=O) groups excluding carboxylic acids is 1. The summed E-state index contributed by atoms with van der Waals surface area (Å²) in [5, 5.41) is 0. The lowest BCUT2D eigenvalue weighted by Gasteiger charge is -2.22. The summed E-state index contributed by atoms with van der Waals surface area (Å²) in [6.45, 7) is 6.74. The molecule has 1 fully saturated rings.